The number of hydrogen-bond donors (Lipinski definition) is 1. The molecule has 1 atom stereocenters. The minimum Gasteiger partial charge on any atom is -0.479 e. The summed E-state index contributed by atoms with van der Waals surface area (Å²) in [5.41, 5.74) is 1.99. The molecule has 1 heterocycles. The molecule has 2 aromatic rings. The van der Waals surface area contributed by atoms with Crippen molar-refractivity contribution in [2.24, 2.45) is 0 Å². The Bertz CT molecular complexity index is 935. The van der Waals surface area contributed by atoms with Gasteiger partial charge >= 0.3 is 0 Å². The maximum Gasteiger partial charge on any atom is 0.290 e. The van der Waals surface area contributed by atoms with Gasteiger partial charge in [0.25, 0.3) is 11.6 Å². The van der Waals surface area contributed by atoms with E-state index in [0.717, 1.165) is 18.1 Å². The van der Waals surface area contributed by atoms with Crippen molar-refractivity contribution in [3.05, 3.63) is 81.6 Å². The second-order valence-electron chi connectivity index (χ2n) is 6.10. The van der Waals surface area contributed by atoms with Crippen molar-refractivity contribution in [1.29, 1.82) is 0 Å². The fraction of sp³-hybridized carbons (Fsp3) is 0.200. The van der Waals surface area contributed by atoms with Crippen molar-refractivity contribution in [2.75, 3.05) is 5.32 Å². The van der Waals surface area contributed by atoms with Crippen molar-refractivity contribution in [3.63, 3.8) is 0 Å². The largest absolute Gasteiger partial charge is 0.479 e. The molecule has 7 heteroatoms. The van der Waals surface area contributed by atoms with Gasteiger partial charge in [-0.15, -0.1) is 0 Å². The van der Waals surface area contributed by atoms with Crippen molar-refractivity contribution < 1.29 is 19.2 Å². The highest BCUT2D eigenvalue weighted by molar-refractivity contribution is 6.07. The Morgan fingerprint density at radius 2 is 2.04 bits per heavy atom. The lowest BCUT2D eigenvalue weighted by molar-refractivity contribution is -0.385. The van der Waals surface area contributed by atoms with Gasteiger partial charge in [0, 0.05) is 23.9 Å². The number of allylic oxidation sites excluding steroid dienone is 1. The monoisotopic (exact) mass is 366 g/mol. The molecule has 7 nitrogen and oxygen atoms in total. The van der Waals surface area contributed by atoms with E-state index in [4.69, 9.17) is 4.74 Å². The summed E-state index contributed by atoms with van der Waals surface area (Å²) in [4.78, 5) is 35.1. The number of hydrogen-bond acceptors (Lipinski definition) is 5. The van der Waals surface area contributed by atoms with Crippen molar-refractivity contribution in [3.8, 4) is 0 Å². The predicted octanol–water partition coefficient (Wildman–Crippen LogP) is 3.71. The number of carbonyl (C=O) groups is 2. The number of ether oxygens (including phenoxy) is 1. The van der Waals surface area contributed by atoms with E-state index < -0.39 is 16.9 Å². The Balaban J connectivity index is 1.80. The third kappa shape index (κ3) is 4.20. The van der Waals surface area contributed by atoms with E-state index in [1.54, 1.807) is 12.1 Å². The second-order valence-corrected chi connectivity index (χ2v) is 6.10. The van der Waals surface area contributed by atoms with Crippen LogP contribution in [0.5, 0.6) is 0 Å². The molecular weight excluding hydrogens is 348 g/mol. The molecule has 0 radical (unpaired) electrons. The van der Waals surface area contributed by atoms with E-state index in [-0.39, 0.29) is 23.7 Å². The highest BCUT2D eigenvalue weighted by Gasteiger charge is 2.28. The van der Waals surface area contributed by atoms with E-state index in [9.17, 15) is 19.7 Å². The molecule has 0 saturated carbocycles. The molecule has 0 fully saturated rings. The number of nitro benzene ring substituents is 1. The molecule has 0 saturated heterocycles. The number of para-hydroxylation sites is 1. The molecule has 0 aliphatic carbocycles. The van der Waals surface area contributed by atoms with Gasteiger partial charge < -0.3 is 10.1 Å². The first-order valence-corrected chi connectivity index (χ1v) is 8.52. The first kappa shape index (κ1) is 18.3. The lowest BCUT2D eigenvalue weighted by Crippen LogP contribution is -2.24. The lowest BCUT2D eigenvalue weighted by atomic mass is 10.0. The van der Waals surface area contributed by atoms with Crippen LogP contribution in [0.4, 0.5) is 11.4 Å². The van der Waals surface area contributed by atoms with Crippen molar-refractivity contribution in [1.82, 2.24) is 0 Å². The predicted molar refractivity (Wildman–Crippen MR) is 99.1 cm³/mol. The Labute approximate surface area is 155 Å². The average molecular weight is 366 g/mol. The van der Waals surface area contributed by atoms with Crippen LogP contribution >= 0.6 is 0 Å². The van der Waals surface area contributed by atoms with Crippen molar-refractivity contribution >= 4 is 23.1 Å². The molecule has 0 bridgehead atoms. The van der Waals surface area contributed by atoms with Gasteiger partial charge in [-0.25, -0.2) is 0 Å². The van der Waals surface area contributed by atoms with Crippen LogP contribution in [-0.2, 0) is 20.7 Å². The van der Waals surface area contributed by atoms with Gasteiger partial charge in [0.1, 0.15) is 6.10 Å². The first-order chi connectivity index (χ1) is 13.0. The Morgan fingerprint density at radius 1 is 1.26 bits per heavy atom. The molecular formula is C20H18N2O5. The van der Waals surface area contributed by atoms with Gasteiger partial charge in [0.2, 0.25) is 0 Å². The molecule has 27 heavy (non-hydrogen) atoms. The summed E-state index contributed by atoms with van der Waals surface area (Å²) in [6.07, 6.45) is 1.18. The third-order valence-corrected chi connectivity index (χ3v) is 4.27. The molecule has 0 unspecified atom stereocenters. The quantitative estimate of drug-likeness (QED) is 0.642. The van der Waals surface area contributed by atoms with E-state index in [1.165, 1.54) is 18.2 Å². The zero-order chi connectivity index (χ0) is 19.4. The van der Waals surface area contributed by atoms with Gasteiger partial charge in [0.15, 0.2) is 11.5 Å². The van der Waals surface area contributed by atoms with E-state index in [1.807, 2.05) is 25.1 Å². The topological polar surface area (TPSA) is 98.5 Å². The molecule has 1 aliphatic rings. The normalized spacial score (nSPS) is 16.3. The fourth-order valence-corrected chi connectivity index (χ4v) is 2.89. The van der Waals surface area contributed by atoms with Crippen molar-refractivity contribution in [2.45, 2.75) is 25.9 Å². The van der Waals surface area contributed by atoms with Crippen LogP contribution in [0.25, 0.3) is 0 Å². The number of rotatable bonds is 5. The fourth-order valence-electron chi connectivity index (χ4n) is 2.89. The number of nitrogens with one attached hydrogen (secondary N) is 1. The Hall–Kier alpha value is -3.48. The summed E-state index contributed by atoms with van der Waals surface area (Å²) >= 11 is 0. The highest BCUT2D eigenvalue weighted by Crippen LogP contribution is 2.31. The number of ketones is 1. The molecule has 138 valence electrons. The minimum absolute atomic E-state index is 0.0174. The van der Waals surface area contributed by atoms with Crippen LogP contribution in [0.3, 0.4) is 0 Å². The van der Waals surface area contributed by atoms with Crippen LogP contribution in [0.1, 0.15) is 30.6 Å². The van der Waals surface area contributed by atoms with E-state index in [2.05, 4.69) is 5.32 Å². The molecule has 1 N–H and O–H groups in total. The number of anilines is 1. The Kier molecular flexibility index (Phi) is 5.30. The zero-order valence-corrected chi connectivity index (χ0v) is 14.7. The second kappa shape index (κ2) is 7.82. The number of nitrogens with zero attached hydrogens (tertiary/aromatic N) is 1. The standard InChI is InChI=1S/C20H18N2O5/c1-2-13-6-3-4-9-17(13)21-20(24)19-12-16(23)11-18(27-19)14-7-5-8-15(10-14)22(25)26/h3-10,12,18H,2,11H2,1H3,(H,21,24)/t18-/m0/s1. The summed E-state index contributed by atoms with van der Waals surface area (Å²) in [6, 6.07) is 13.2. The molecule has 2 aromatic carbocycles. The van der Waals surface area contributed by atoms with Crippen LogP contribution < -0.4 is 5.32 Å². The van der Waals surface area contributed by atoms with Gasteiger partial charge in [-0.1, -0.05) is 37.3 Å². The summed E-state index contributed by atoms with van der Waals surface area (Å²) in [6.45, 7) is 1.98. The number of carbonyl (C=O) groups excluding carboxylic acids is 2. The number of aryl methyl sites for hydroxylation is 1. The van der Waals surface area contributed by atoms with Gasteiger partial charge in [-0.05, 0) is 23.6 Å². The average Bonchev–Trinajstić information content (AvgIpc) is 2.68. The molecule has 1 amide bonds. The summed E-state index contributed by atoms with van der Waals surface area (Å²) in [5, 5.41) is 13.7. The van der Waals surface area contributed by atoms with Crippen LogP contribution in [0, 0.1) is 10.1 Å². The van der Waals surface area contributed by atoms with Crippen LogP contribution in [0.2, 0.25) is 0 Å². The third-order valence-electron chi connectivity index (χ3n) is 4.27. The zero-order valence-electron chi connectivity index (χ0n) is 14.7. The number of amides is 1. The molecule has 0 aromatic heterocycles. The van der Waals surface area contributed by atoms with Gasteiger partial charge in [0.05, 0.1) is 11.3 Å². The van der Waals surface area contributed by atoms with Crippen LogP contribution in [-0.4, -0.2) is 16.6 Å². The molecule has 1 aliphatic heterocycles. The molecule has 3 rings (SSSR count). The van der Waals surface area contributed by atoms with E-state index in [0.29, 0.717) is 11.3 Å². The minimum atomic E-state index is -0.746. The Morgan fingerprint density at radius 3 is 2.78 bits per heavy atom. The van der Waals surface area contributed by atoms with E-state index >= 15 is 0 Å². The maximum atomic E-state index is 12.6. The highest BCUT2D eigenvalue weighted by atomic mass is 16.6. The summed E-state index contributed by atoms with van der Waals surface area (Å²) < 4.78 is 5.69. The maximum absolute atomic E-state index is 12.6. The number of non-ortho nitro benzene ring substituents is 1. The number of benzene rings is 2. The molecule has 0 spiro atoms. The van der Waals surface area contributed by atoms with Crippen LogP contribution in [0.15, 0.2) is 60.4 Å². The van der Waals surface area contributed by atoms with Gasteiger partial charge in [-0.2, -0.15) is 0 Å². The summed E-state index contributed by atoms with van der Waals surface area (Å²) in [7, 11) is 0. The first-order valence-electron chi connectivity index (χ1n) is 8.52. The smallest absolute Gasteiger partial charge is 0.290 e. The summed E-state index contributed by atoms with van der Waals surface area (Å²) in [5.74, 6) is -0.903. The number of nitro groups is 1. The lowest BCUT2D eigenvalue weighted by Gasteiger charge is -2.24. The SMILES string of the molecule is CCc1ccccc1NC(=O)C1=CC(=O)C[C@@H](c2cccc([N+](=O)[O-])c2)O1. The van der Waals surface area contributed by atoms with Gasteiger partial charge in [-0.3, -0.25) is 19.7 Å².